The van der Waals surface area contributed by atoms with Crippen molar-refractivity contribution in [2.75, 3.05) is 40.3 Å². The fourth-order valence-corrected chi connectivity index (χ4v) is 3.66. The number of hydrogen-bond acceptors (Lipinski definition) is 4. The molecule has 2 N–H and O–H groups in total. The molecular weight excluding hydrogens is 286 g/mol. The number of fused-ring (bicyclic) bond motifs is 1. The second-order valence-electron chi connectivity index (χ2n) is 6.33. The zero-order valence-electron chi connectivity index (χ0n) is 12.8. The molecule has 1 aromatic carbocycles. The summed E-state index contributed by atoms with van der Waals surface area (Å²) in [6, 6.07) is 4.49. The molecule has 1 saturated heterocycles. The van der Waals surface area contributed by atoms with Crippen LogP contribution in [0.3, 0.4) is 0 Å². The maximum atomic E-state index is 6.51. The molecule has 5 heteroatoms. The Bertz CT molecular complexity index is 522. The third-order valence-corrected chi connectivity index (χ3v) is 4.89. The highest BCUT2D eigenvalue weighted by Gasteiger charge is 2.29. The van der Waals surface area contributed by atoms with Crippen LogP contribution in [-0.4, -0.2) is 62.2 Å². The maximum Gasteiger partial charge on any atom is 0.125 e. The van der Waals surface area contributed by atoms with Crippen LogP contribution in [-0.2, 0) is 12.8 Å². The number of nitrogens with two attached hydrogens (primary N) is 1. The van der Waals surface area contributed by atoms with Crippen LogP contribution < -0.4 is 10.5 Å². The smallest absolute Gasteiger partial charge is 0.125 e. The molecule has 1 aromatic rings. The normalized spacial score (nSPS) is 24.7. The molecule has 2 atom stereocenters. The van der Waals surface area contributed by atoms with Gasteiger partial charge in [0.2, 0.25) is 0 Å². The molecule has 4 nitrogen and oxygen atoms in total. The summed E-state index contributed by atoms with van der Waals surface area (Å²) < 4.78 is 5.78. The highest BCUT2D eigenvalue weighted by molar-refractivity contribution is 6.30. The highest BCUT2D eigenvalue weighted by atomic mass is 35.5. The minimum atomic E-state index is 0.0875. The first kappa shape index (κ1) is 15.1. The van der Waals surface area contributed by atoms with Crippen molar-refractivity contribution in [1.82, 2.24) is 9.80 Å². The maximum absolute atomic E-state index is 6.51. The number of rotatable bonds is 3. The van der Waals surface area contributed by atoms with Crippen molar-refractivity contribution in [2.45, 2.75) is 24.9 Å². The summed E-state index contributed by atoms with van der Waals surface area (Å²) in [5.74, 6) is 1.02. The molecule has 0 spiro atoms. The van der Waals surface area contributed by atoms with Crippen LogP contribution in [0.25, 0.3) is 0 Å². The molecule has 0 aromatic heterocycles. The number of nitrogens with zero attached hydrogens (tertiary/aromatic N) is 2. The van der Waals surface area contributed by atoms with E-state index in [2.05, 4.69) is 23.9 Å². The van der Waals surface area contributed by atoms with Gasteiger partial charge in [0.25, 0.3) is 0 Å². The monoisotopic (exact) mass is 309 g/mol. The van der Waals surface area contributed by atoms with Gasteiger partial charge in [0.1, 0.15) is 5.75 Å². The van der Waals surface area contributed by atoms with E-state index in [9.17, 15) is 0 Å². The van der Waals surface area contributed by atoms with Crippen molar-refractivity contribution in [3.63, 3.8) is 0 Å². The van der Waals surface area contributed by atoms with Crippen LogP contribution >= 0.6 is 11.6 Å². The minimum absolute atomic E-state index is 0.0875. The lowest BCUT2D eigenvalue weighted by Crippen LogP contribution is -2.58. The molecule has 1 fully saturated rings. The van der Waals surface area contributed by atoms with Gasteiger partial charge in [-0.25, -0.2) is 0 Å². The van der Waals surface area contributed by atoms with Crippen molar-refractivity contribution in [2.24, 2.45) is 5.73 Å². The van der Waals surface area contributed by atoms with Crippen LogP contribution in [0.4, 0.5) is 0 Å². The third-order valence-electron chi connectivity index (χ3n) is 4.67. The van der Waals surface area contributed by atoms with Crippen LogP contribution in [0, 0.1) is 0 Å². The van der Waals surface area contributed by atoms with Crippen LogP contribution in [0.5, 0.6) is 5.75 Å². The van der Waals surface area contributed by atoms with Gasteiger partial charge in [-0.3, -0.25) is 4.90 Å². The zero-order chi connectivity index (χ0) is 15.0. The molecule has 2 aliphatic heterocycles. The first-order chi connectivity index (χ1) is 10.0. The second-order valence-corrected chi connectivity index (χ2v) is 6.77. The van der Waals surface area contributed by atoms with Crippen LogP contribution in [0.1, 0.15) is 11.1 Å². The molecule has 21 heavy (non-hydrogen) atoms. The van der Waals surface area contributed by atoms with Gasteiger partial charge in [-0.2, -0.15) is 0 Å². The number of halogens is 1. The van der Waals surface area contributed by atoms with E-state index in [-0.39, 0.29) is 6.04 Å². The summed E-state index contributed by atoms with van der Waals surface area (Å²) in [5, 5.41) is 0.788. The van der Waals surface area contributed by atoms with Gasteiger partial charge >= 0.3 is 0 Å². The van der Waals surface area contributed by atoms with E-state index < -0.39 is 0 Å². The number of hydrogen-bond donors (Lipinski definition) is 1. The van der Waals surface area contributed by atoms with Gasteiger partial charge in [-0.15, -0.1) is 0 Å². The molecule has 2 unspecified atom stereocenters. The molecule has 0 radical (unpaired) electrons. The SMILES string of the molecule is CN1CCN(C)C(C(N)Cc2cc(Cl)cc3c2OCC3)C1. The Morgan fingerprint density at radius 2 is 2.19 bits per heavy atom. The fraction of sp³-hybridized carbons (Fsp3) is 0.625. The van der Waals surface area contributed by atoms with Gasteiger partial charge in [-0.1, -0.05) is 11.6 Å². The molecule has 2 heterocycles. The first-order valence-corrected chi connectivity index (χ1v) is 8.01. The molecule has 0 aliphatic carbocycles. The molecule has 0 saturated carbocycles. The van der Waals surface area contributed by atoms with E-state index in [1.165, 1.54) is 5.56 Å². The van der Waals surface area contributed by atoms with Gasteiger partial charge in [0.05, 0.1) is 6.61 Å². The van der Waals surface area contributed by atoms with Crippen molar-refractivity contribution < 1.29 is 4.74 Å². The van der Waals surface area contributed by atoms with E-state index in [0.29, 0.717) is 6.04 Å². The number of benzene rings is 1. The lowest BCUT2D eigenvalue weighted by Gasteiger charge is -2.40. The summed E-state index contributed by atoms with van der Waals surface area (Å²) in [4.78, 5) is 4.72. The Kier molecular flexibility index (Phi) is 4.41. The van der Waals surface area contributed by atoms with E-state index >= 15 is 0 Å². The average molecular weight is 310 g/mol. The Labute approximate surface area is 131 Å². The largest absolute Gasteiger partial charge is 0.493 e. The van der Waals surface area contributed by atoms with Crippen molar-refractivity contribution in [3.8, 4) is 5.75 Å². The summed E-state index contributed by atoms with van der Waals surface area (Å²) in [6.07, 6.45) is 1.76. The number of likely N-dealkylation sites (N-methyl/N-ethyl adjacent to an activating group) is 2. The average Bonchev–Trinajstić information content (AvgIpc) is 2.89. The topological polar surface area (TPSA) is 41.7 Å². The molecule has 3 rings (SSSR count). The third kappa shape index (κ3) is 3.19. The lowest BCUT2D eigenvalue weighted by molar-refractivity contribution is 0.0972. The predicted molar refractivity (Wildman–Crippen MR) is 86.2 cm³/mol. The van der Waals surface area contributed by atoms with E-state index in [4.69, 9.17) is 22.1 Å². The van der Waals surface area contributed by atoms with E-state index in [1.54, 1.807) is 0 Å². The molecule has 2 aliphatic rings. The lowest BCUT2D eigenvalue weighted by atomic mass is 9.95. The van der Waals surface area contributed by atoms with Gasteiger partial charge in [-0.05, 0) is 43.8 Å². The van der Waals surface area contributed by atoms with E-state index in [0.717, 1.165) is 55.4 Å². The van der Waals surface area contributed by atoms with Crippen LogP contribution in [0.2, 0.25) is 5.02 Å². The Morgan fingerprint density at radius 1 is 1.38 bits per heavy atom. The van der Waals surface area contributed by atoms with Crippen LogP contribution in [0.15, 0.2) is 12.1 Å². The van der Waals surface area contributed by atoms with E-state index in [1.807, 2.05) is 12.1 Å². The number of piperazine rings is 1. The molecule has 0 bridgehead atoms. The molecule has 116 valence electrons. The molecular formula is C16H24ClN3O. The summed E-state index contributed by atoms with van der Waals surface area (Å²) in [5.41, 5.74) is 8.89. The second kappa shape index (κ2) is 6.13. The summed E-state index contributed by atoms with van der Waals surface area (Å²) >= 11 is 6.23. The van der Waals surface area contributed by atoms with Gasteiger partial charge < -0.3 is 15.4 Å². The highest BCUT2D eigenvalue weighted by Crippen LogP contribution is 2.33. The van der Waals surface area contributed by atoms with Crippen molar-refractivity contribution in [3.05, 3.63) is 28.3 Å². The van der Waals surface area contributed by atoms with Crippen molar-refractivity contribution >= 4 is 11.6 Å². The Hall–Kier alpha value is -0.810. The van der Waals surface area contributed by atoms with Crippen molar-refractivity contribution in [1.29, 1.82) is 0 Å². The van der Waals surface area contributed by atoms with Gasteiger partial charge in [0.15, 0.2) is 0 Å². The Morgan fingerprint density at radius 3 is 3.00 bits per heavy atom. The summed E-state index contributed by atoms with van der Waals surface area (Å²) in [6.45, 7) is 3.94. The Balaban J connectivity index is 1.77. The standard InChI is InChI=1S/C16H24ClN3O/c1-19-4-5-20(2)15(10-19)14(18)9-12-8-13(17)7-11-3-6-21-16(11)12/h7-8,14-15H,3-6,9-10,18H2,1-2H3. The quantitative estimate of drug-likeness (QED) is 0.916. The summed E-state index contributed by atoms with van der Waals surface area (Å²) in [7, 11) is 4.32. The first-order valence-electron chi connectivity index (χ1n) is 7.63. The number of ether oxygens (including phenoxy) is 1. The zero-order valence-corrected chi connectivity index (χ0v) is 13.6. The molecule has 0 amide bonds. The fourth-order valence-electron chi connectivity index (χ4n) is 3.39. The van der Waals surface area contributed by atoms with Gasteiger partial charge in [0, 0.05) is 43.2 Å². The predicted octanol–water partition coefficient (Wildman–Crippen LogP) is 1.39. The minimum Gasteiger partial charge on any atom is -0.493 e.